The van der Waals surface area contributed by atoms with Crippen molar-refractivity contribution in [1.82, 2.24) is 10.2 Å². The number of rotatable bonds is 1. The molecule has 2 rings (SSSR count). The first kappa shape index (κ1) is 8.99. The van der Waals surface area contributed by atoms with E-state index in [-0.39, 0.29) is 0 Å². The van der Waals surface area contributed by atoms with Gasteiger partial charge in [0, 0.05) is 5.39 Å². The SMILES string of the molecule is CC(C)(F)c1[nH]nc2c(N)cccc12. The van der Waals surface area contributed by atoms with Gasteiger partial charge in [-0.25, -0.2) is 4.39 Å². The summed E-state index contributed by atoms with van der Waals surface area (Å²) in [4.78, 5) is 0. The molecule has 0 saturated carbocycles. The quantitative estimate of drug-likeness (QED) is 0.683. The molecule has 3 N–H and O–H groups in total. The van der Waals surface area contributed by atoms with Crippen molar-refractivity contribution in [2.24, 2.45) is 0 Å². The number of fused-ring (bicyclic) bond motifs is 1. The summed E-state index contributed by atoms with van der Waals surface area (Å²) in [5.74, 6) is 0. The average Bonchev–Trinajstić information content (AvgIpc) is 2.47. The highest BCUT2D eigenvalue weighted by Crippen LogP contribution is 2.31. The summed E-state index contributed by atoms with van der Waals surface area (Å²) >= 11 is 0. The summed E-state index contributed by atoms with van der Waals surface area (Å²) in [6.07, 6.45) is 0. The van der Waals surface area contributed by atoms with Crippen LogP contribution in [0.3, 0.4) is 0 Å². The summed E-state index contributed by atoms with van der Waals surface area (Å²) in [7, 11) is 0. The first-order valence-corrected chi connectivity index (χ1v) is 4.42. The molecule has 0 aliphatic heterocycles. The van der Waals surface area contributed by atoms with Gasteiger partial charge >= 0.3 is 0 Å². The first-order valence-electron chi connectivity index (χ1n) is 4.42. The van der Waals surface area contributed by atoms with Gasteiger partial charge < -0.3 is 5.73 Å². The number of benzene rings is 1. The molecule has 1 aromatic carbocycles. The highest BCUT2D eigenvalue weighted by Gasteiger charge is 2.24. The van der Waals surface area contributed by atoms with Crippen LogP contribution in [0.15, 0.2) is 18.2 Å². The molecular formula is C10H12FN3. The van der Waals surface area contributed by atoms with Gasteiger partial charge in [0.05, 0.1) is 11.4 Å². The van der Waals surface area contributed by atoms with Gasteiger partial charge in [0.25, 0.3) is 0 Å². The monoisotopic (exact) mass is 193 g/mol. The van der Waals surface area contributed by atoms with Crippen molar-refractivity contribution in [3.8, 4) is 0 Å². The van der Waals surface area contributed by atoms with Crippen molar-refractivity contribution in [3.63, 3.8) is 0 Å². The van der Waals surface area contributed by atoms with Crippen LogP contribution in [0.2, 0.25) is 0 Å². The summed E-state index contributed by atoms with van der Waals surface area (Å²) < 4.78 is 13.7. The summed E-state index contributed by atoms with van der Waals surface area (Å²) in [6.45, 7) is 2.98. The Balaban J connectivity index is 2.76. The summed E-state index contributed by atoms with van der Waals surface area (Å²) in [6, 6.07) is 5.35. The Hall–Kier alpha value is -1.58. The second kappa shape index (κ2) is 2.70. The Kier molecular flexibility index (Phi) is 1.74. The van der Waals surface area contributed by atoms with E-state index in [0.29, 0.717) is 16.9 Å². The van der Waals surface area contributed by atoms with Crippen LogP contribution in [0.25, 0.3) is 10.9 Å². The topological polar surface area (TPSA) is 54.7 Å². The number of alkyl halides is 1. The lowest BCUT2D eigenvalue weighted by Crippen LogP contribution is -2.09. The van der Waals surface area contributed by atoms with Crippen molar-refractivity contribution >= 4 is 16.6 Å². The molecule has 4 heteroatoms. The van der Waals surface area contributed by atoms with Gasteiger partial charge in [0.15, 0.2) is 0 Å². The fourth-order valence-corrected chi connectivity index (χ4v) is 1.51. The molecule has 14 heavy (non-hydrogen) atoms. The molecule has 3 nitrogen and oxygen atoms in total. The lowest BCUT2D eigenvalue weighted by Gasteiger charge is -2.11. The van der Waals surface area contributed by atoms with E-state index in [9.17, 15) is 4.39 Å². The van der Waals surface area contributed by atoms with Crippen LogP contribution in [-0.2, 0) is 5.67 Å². The van der Waals surface area contributed by atoms with Gasteiger partial charge in [0.2, 0.25) is 0 Å². The molecule has 74 valence electrons. The van der Waals surface area contributed by atoms with Gasteiger partial charge in [-0.3, -0.25) is 5.10 Å². The third-order valence-electron chi connectivity index (χ3n) is 2.21. The minimum Gasteiger partial charge on any atom is -0.397 e. The molecule has 0 fully saturated rings. The molecule has 0 amide bonds. The minimum atomic E-state index is -1.43. The standard InChI is InChI=1S/C10H12FN3/c1-10(2,11)9-6-4-3-5-7(12)8(6)13-14-9/h3-5H,12H2,1-2H3,(H,13,14). The third-order valence-corrected chi connectivity index (χ3v) is 2.21. The zero-order valence-corrected chi connectivity index (χ0v) is 8.13. The number of hydrogen-bond donors (Lipinski definition) is 2. The van der Waals surface area contributed by atoms with E-state index >= 15 is 0 Å². The Morgan fingerprint density at radius 3 is 2.79 bits per heavy atom. The van der Waals surface area contributed by atoms with Crippen LogP contribution in [0, 0.1) is 0 Å². The van der Waals surface area contributed by atoms with Crippen LogP contribution in [-0.4, -0.2) is 10.2 Å². The van der Waals surface area contributed by atoms with Gasteiger partial charge in [0.1, 0.15) is 11.2 Å². The van der Waals surface area contributed by atoms with Crippen LogP contribution in [0.1, 0.15) is 19.5 Å². The number of halogens is 1. The predicted octanol–water partition coefficient (Wildman–Crippen LogP) is 2.35. The molecule has 0 spiro atoms. The second-order valence-corrected chi connectivity index (χ2v) is 3.81. The Bertz CT molecular complexity index is 468. The number of nitrogens with zero attached hydrogens (tertiary/aromatic N) is 1. The maximum atomic E-state index is 13.7. The van der Waals surface area contributed by atoms with Crippen LogP contribution >= 0.6 is 0 Å². The molecule has 2 aromatic rings. The fraction of sp³-hybridized carbons (Fsp3) is 0.300. The maximum Gasteiger partial charge on any atom is 0.147 e. The molecule has 1 heterocycles. The Labute approximate surface area is 81.1 Å². The summed E-state index contributed by atoms with van der Waals surface area (Å²) in [5.41, 5.74) is 5.95. The zero-order valence-electron chi connectivity index (χ0n) is 8.13. The number of aromatic nitrogens is 2. The average molecular weight is 193 g/mol. The number of nitrogens with two attached hydrogens (primary N) is 1. The smallest absolute Gasteiger partial charge is 0.147 e. The van der Waals surface area contributed by atoms with Gasteiger partial charge in [-0.2, -0.15) is 5.10 Å². The van der Waals surface area contributed by atoms with E-state index < -0.39 is 5.67 Å². The molecule has 1 aromatic heterocycles. The van der Waals surface area contributed by atoms with Gasteiger partial charge in [-0.1, -0.05) is 12.1 Å². The molecular weight excluding hydrogens is 181 g/mol. The van der Waals surface area contributed by atoms with E-state index in [1.54, 1.807) is 12.1 Å². The fourth-order valence-electron chi connectivity index (χ4n) is 1.51. The minimum absolute atomic E-state index is 0.472. The molecule has 0 saturated heterocycles. The van der Waals surface area contributed by atoms with E-state index in [4.69, 9.17) is 5.73 Å². The van der Waals surface area contributed by atoms with E-state index in [0.717, 1.165) is 5.39 Å². The van der Waals surface area contributed by atoms with E-state index in [1.165, 1.54) is 13.8 Å². The Morgan fingerprint density at radius 1 is 1.43 bits per heavy atom. The van der Waals surface area contributed by atoms with E-state index in [2.05, 4.69) is 10.2 Å². The number of nitrogen functional groups attached to an aromatic ring is 1. The molecule has 0 radical (unpaired) electrons. The normalized spacial score (nSPS) is 12.2. The number of aromatic amines is 1. The predicted molar refractivity (Wildman–Crippen MR) is 54.6 cm³/mol. The zero-order chi connectivity index (χ0) is 10.3. The van der Waals surface area contributed by atoms with Gasteiger partial charge in [-0.05, 0) is 19.9 Å². The lowest BCUT2D eigenvalue weighted by molar-refractivity contribution is 0.216. The summed E-state index contributed by atoms with van der Waals surface area (Å²) in [5, 5.41) is 7.43. The number of para-hydroxylation sites is 1. The molecule has 0 unspecified atom stereocenters. The molecule has 0 aliphatic carbocycles. The van der Waals surface area contributed by atoms with Crippen LogP contribution < -0.4 is 5.73 Å². The van der Waals surface area contributed by atoms with Crippen molar-refractivity contribution < 1.29 is 4.39 Å². The first-order chi connectivity index (χ1) is 6.50. The van der Waals surface area contributed by atoms with Crippen molar-refractivity contribution in [1.29, 1.82) is 0 Å². The number of anilines is 1. The van der Waals surface area contributed by atoms with Crippen molar-refractivity contribution in [3.05, 3.63) is 23.9 Å². The Morgan fingerprint density at radius 2 is 2.14 bits per heavy atom. The molecule has 0 atom stereocenters. The van der Waals surface area contributed by atoms with Crippen LogP contribution in [0.4, 0.5) is 10.1 Å². The van der Waals surface area contributed by atoms with Crippen LogP contribution in [0.5, 0.6) is 0 Å². The lowest BCUT2D eigenvalue weighted by atomic mass is 10.0. The second-order valence-electron chi connectivity index (χ2n) is 3.81. The molecule has 0 bridgehead atoms. The van der Waals surface area contributed by atoms with Gasteiger partial charge in [-0.15, -0.1) is 0 Å². The number of H-pyrrole nitrogens is 1. The number of hydrogen-bond acceptors (Lipinski definition) is 2. The third kappa shape index (κ3) is 1.23. The van der Waals surface area contributed by atoms with Crippen molar-refractivity contribution in [2.75, 3.05) is 5.73 Å². The molecule has 0 aliphatic rings. The van der Waals surface area contributed by atoms with Crippen molar-refractivity contribution in [2.45, 2.75) is 19.5 Å². The number of nitrogens with one attached hydrogen (secondary N) is 1. The van der Waals surface area contributed by atoms with E-state index in [1.807, 2.05) is 6.07 Å². The maximum absolute atomic E-state index is 13.7. The highest BCUT2D eigenvalue weighted by atomic mass is 19.1. The highest BCUT2D eigenvalue weighted by molar-refractivity contribution is 5.91. The largest absolute Gasteiger partial charge is 0.397 e.